The minimum Gasteiger partial charge on any atom is -0.367 e. The topological polar surface area (TPSA) is 58.9 Å². The van der Waals surface area contributed by atoms with Gasteiger partial charge >= 0.3 is 0 Å². The van der Waals surface area contributed by atoms with E-state index in [0.29, 0.717) is 6.04 Å². The van der Waals surface area contributed by atoms with Crippen molar-refractivity contribution in [1.29, 1.82) is 0 Å². The van der Waals surface area contributed by atoms with E-state index in [2.05, 4.69) is 36.8 Å². The number of rotatable bonds is 5. The molecule has 3 heterocycles. The second kappa shape index (κ2) is 6.87. The van der Waals surface area contributed by atoms with Crippen LogP contribution in [0.15, 0.2) is 24.9 Å². The number of piperidine rings is 1. The van der Waals surface area contributed by atoms with Crippen LogP contribution in [0, 0.1) is 6.92 Å². The zero-order chi connectivity index (χ0) is 15.4. The molecule has 6 heteroatoms. The summed E-state index contributed by atoms with van der Waals surface area (Å²) < 4.78 is 2.10. The molecular weight excluding hydrogens is 276 g/mol. The van der Waals surface area contributed by atoms with Crippen molar-refractivity contribution in [1.82, 2.24) is 24.4 Å². The lowest BCUT2D eigenvalue weighted by Gasteiger charge is -2.32. The molecule has 2 aromatic heterocycles. The molecule has 6 nitrogen and oxygen atoms in total. The van der Waals surface area contributed by atoms with Gasteiger partial charge in [-0.2, -0.15) is 0 Å². The van der Waals surface area contributed by atoms with Gasteiger partial charge in [-0.05, 0) is 19.8 Å². The number of aryl methyl sites for hydroxylation is 2. The molecule has 1 aliphatic rings. The molecule has 0 aliphatic carbocycles. The van der Waals surface area contributed by atoms with Gasteiger partial charge in [0.2, 0.25) is 0 Å². The van der Waals surface area contributed by atoms with Crippen molar-refractivity contribution in [3.8, 4) is 0 Å². The van der Waals surface area contributed by atoms with E-state index < -0.39 is 0 Å². The normalized spacial score (nSPS) is 16.8. The molecule has 0 saturated carbocycles. The Morgan fingerprint density at radius 3 is 2.77 bits per heavy atom. The molecule has 3 rings (SSSR count). The highest BCUT2D eigenvalue weighted by atomic mass is 15.2. The maximum Gasteiger partial charge on any atom is 0.129 e. The Morgan fingerprint density at radius 2 is 2.09 bits per heavy atom. The predicted octanol–water partition coefficient (Wildman–Crippen LogP) is 1.64. The quantitative estimate of drug-likeness (QED) is 0.909. The number of likely N-dealkylation sites (tertiary alicyclic amines) is 1. The number of aromatic nitrogens is 4. The smallest absolute Gasteiger partial charge is 0.129 e. The number of nitrogens with one attached hydrogen (secondary N) is 1. The van der Waals surface area contributed by atoms with E-state index in [1.807, 2.05) is 25.5 Å². The molecule has 0 atom stereocenters. The van der Waals surface area contributed by atoms with Crippen LogP contribution in [0.2, 0.25) is 0 Å². The van der Waals surface area contributed by atoms with E-state index in [1.165, 1.54) is 5.69 Å². The van der Waals surface area contributed by atoms with Gasteiger partial charge in [-0.1, -0.05) is 0 Å². The summed E-state index contributed by atoms with van der Waals surface area (Å²) >= 11 is 0. The first kappa shape index (κ1) is 15.0. The lowest BCUT2D eigenvalue weighted by Crippen LogP contribution is -2.40. The zero-order valence-electron chi connectivity index (χ0n) is 13.4. The van der Waals surface area contributed by atoms with Gasteiger partial charge in [0.15, 0.2) is 0 Å². The highest BCUT2D eigenvalue weighted by Crippen LogP contribution is 2.15. The highest BCUT2D eigenvalue weighted by molar-refractivity contribution is 5.35. The van der Waals surface area contributed by atoms with Crippen molar-refractivity contribution >= 4 is 5.82 Å². The van der Waals surface area contributed by atoms with Gasteiger partial charge in [-0.15, -0.1) is 0 Å². The average molecular weight is 300 g/mol. The summed E-state index contributed by atoms with van der Waals surface area (Å²) in [4.78, 5) is 15.1. The number of imidazole rings is 1. The molecule has 1 saturated heterocycles. The molecule has 22 heavy (non-hydrogen) atoms. The molecular formula is C16H24N6. The molecule has 0 aromatic carbocycles. The van der Waals surface area contributed by atoms with Crippen LogP contribution in [-0.4, -0.2) is 50.1 Å². The third-order valence-electron chi connectivity index (χ3n) is 4.34. The fourth-order valence-corrected chi connectivity index (χ4v) is 2.94. The van der Waals surface area contributed by atoms with Crippen molar-refractivity contribution in [3.05, 3.63) is 36.3 Å². The number of hydrogen-bond donors (Lipinski definition) is 1. The third-order valence-corrected chi connectivity index (χ3v) is 4.34. The summed E-state index contributed by atoms with van der Waals surface area (Å²) in [6, 6.07) is 2.52. The van der Waals surface area contributed by atoms with E-state index >= 15 is 0 Å². The van der Waals surface area contributed by atoms with Gasteiger partial charge in [0.25, 0.3) is 0 Å². The molecule has 0 bridgehead atoms. The molecule has 0 amide bonds. The molecule has 0 unspecified atom stereocenters. The monoisotopic (exact) mass is 300 g/mol. The van der Waals surface area contributed by atoms with Crippen LogP contribution in [0.1, 0.15) is 24.2 Å². The largest absolute Gasteiger partial charge is 0.367 e. The first-order valence-electron chi connectivity index (χ1n) is 7.93. The van der Waals surface area contributed by atoms with Crippen LogP contribution >= 0.6 is 0 Å². The summed E-state index contributed by atoms with van der Waals surface area (Å²) in [5, 5.41) is 3.53. The van der Waals surface area contributed by atoms with Crippen molar-refractivity contribution < 1.29 is 0 Å². The van der Waals surface area contributed by atoms with Gasteiger partial charge in [0.05, 0.1) is 6.33 Å². The molecule has 1 fully saturated rings. The highest BCUT2D eigenvalue weighted by Gasteiger charge is 2.19. The third kappa shape index (κ3) is 3.82. The fourth-order valence-electron chi connectivity index (χ4n) is 2.94. The van der Waals surface area contributed by atoms with Crippen LogP contribution in [0.5, 0.6) is 0 Å². The van der Waals surface area contributed by atoms with Gasteiger partial charge in [0, 0.05) is 62.8 Å². The predicted molar refractivity (Wildman–Crippen MR) is 86.8 cm³/mol. The summed E-state index contributed by atoms with van der Waals surface area (Å²) in [7, 11) is 2.06. The van der Waals surface area contributed by atoms with Crippen LogP contribution in [0.4, 0.5) is 5.82 Å². The van der Waals surface area contributed by atoms with E-state index in [9.17, 15) is 0 Å². The molecule has 0 spiro atoms. The van der Waals surface area contributed by atoms with Crippen LogP contribution in [0.25, 0.3) is 0 Å². The van der Waals surface area contributed by atoms with Crippen LogP contribution < -0.4 is 5.32 Å². The van der Waals surface area contributed by atoms with Gasteiger partial charge < -0.3 is 14.8 Å². The number of hydrogen-bond acceptors (Lipinski definition) is 5. The first-order chi connectivity index (χ1) is 10.7. The molecule has 118 valence electrons. The lowest BCUT2D eigenvalue weighted by atomic mass is 10.0. The second-order valence-electron chi connectivity index (χ2n) is 6.05. The Morgan fingerprint density at radius 1 is 1.27 bits per heavy atom. The van der Waals surface area contributed by atoms with Gasteiger partial charge in [-0.25, -0.2) is 15.0 Å². The van der Waals surface area contributed by atoms with Crippen LogP contribution in [-0.2, 0) is 13.5 Å². The van der Waals surface area contributed by atoms with E-state index in [1.54, 1.807) is 6.33 Å². The average Bonchev–Trinajstić information content (AvgIpc) is 2.92. The first-order valence-corrected chi connectivity index (χ1v) is 7.93. The Hall–Kier alpha value is -1.95. The van der Waals surface area contributed by atoms with E-state index in [4.69, 9.17) is 0 Å². The van der Waals surface area contributed by atoms with Gasteiger partial charge in [0.1, 0.15) is 12.1 Å². The fraction of sp³-hybridized carbons (Fsp3) is 0.562. The van der Waals surface area contributed by atoms with Crippen molar-refractivity contribution in [2.45, 2.75) is 32.2 Å². The minimum absolute atomic E-state index is 0.516. The van der Waals surface area contributed by atoms with E-state index in [-0.39, 0.29) is 0 Å². The number of nitrogens with zero attached hydrogens (tertiary/aromatic N) is 5. The molecule has 1 aliphatic heterocycles. The van der Waals surface area contributed by atoms with Crippen molar-refractivity contribution in [2.24, 2.45) is 7.05 Å². The van der Waals surface area contributed by atoms with Crippen molar-refractivity contribution in [2.75, 3.05) is 25.0 Å². The van der Waals surface area contributed by atoms with Crippen LogP contribution in [0.3, 0.4) is 0 Å². The lowest BCUT2D eigenvalue weighted by molar-refractivity contribution is 0.220. The summed E-state index contributed by atoms with van der Waals surface area (Å²) in [6.07, 6.45) is 8.85. The Balaban J connectivity index is 1.43. The SMILES string of the molecule is Cc1cc(NC2CCN(CCc3cncn3C)CC2)ncn1. The standard InChI is InChI=1S/C16H24N6/c1-13-9-16(19-11-18-13)20-14-3-6-22(7-4-14)8-5-15-10-17-12-21(15)2/h9-12,14H,3-8H2,1-2H3,(H,18,19,20). The number of anilines is 1. The second-order valence-corrected chi connectivity index (χ2v) is 6.05. The zero-order valence-corrected chi connectivity index (χ0v) is 13.4. The van der Waals surface area contributed by atoms with Crippen molar-refractivity contribution in [3.63, 3.8) is 0 Å². The summed E-state index contributed by atoms with van der Waals surface area (Å²) in [5.74, 6) is 0.945. The maximum atomic E-state index is 4.29. The Bertz CT molecular complexity index is 600. The maximum absolute atomic E-state index is 4.29. The molecule has 2 aromatic rings. The van der Waals surface area contributed by atoms with E-state index in [0.717, 1.165) is 50.4 Å². The Kier molecular flexibility index (Phi) is 4.68. The summed E-state index contributed by atoms with van der Waals surface area (Å²) in [6.45, 7) is 5.38. The Labute approximate surface area is 131 Å². The molecule has 0 radical (unpaired) electrons. The molecule has 1 N–H and O–H groups in total. The summed E-state index contributed by atoms with van der Waals surface area (Å²) in [5.41, 5.74) is 2.31. The minimum atomic E-state index is 0.516. The van der Waals surface area contributed by atoms with Gasteiger partial charge in [-0.3, -0.25) is 0 Å².